The highest BCUT2D eigenvalue weighted by Crippen LogP contribution is 2.31. The fourth-order valence-corrected chi connectivity index (χ4v) is 7.18. The van der Waals surface area contributed by atoms with Crippen LogP contribution in [0.25, 0.3) is 0 Å². The largest absolute Gasteiger partial charge is 0.354 e. The zero-order chi connectivity index (χ0) is 33.4. The summed E-state index contributed by atoms with van der Waals surface area (Å²) in [6.07, 6.45) is 0.847. The van der Waals surface area contributed by atoms with Gasteiger partial charge < -0.3 is 10.2 Å². The summed E-state index contributed by atoms with van der Waals surface area (Å²) in [7, 11) is -4.31. The minimum Gasteiger partial charge on any atom is -0.354 e. The molecule has 0 aromatic heterocycles. The number of hydrogen-bond donors (Lipinski definition) is 1. The van der Waals surface area contributed by atoms with Crippen molar-refractivity contribution in [3.63, 3.8) is 0 Å². The first-order chi connectivity index (χ1) is 21.9. The predicted octanol–water partition coefficient (Wildman–Crippen LogP) is 7.97. The lowest BCUT2D eigenvalue weighted by Gasteiger charge is -2.34. The molecule has 1 atom stereocenters. The molecule has 0 radical (unpaired) electrons. The van der Waals surface area contributed by atoms with Crippen molar-refractivity contribution >= 4 is 73.9 Å². The lowest BCUT2D eigenvalue weighted by Crippen LogP contribution is -2.53. The second-order valence-electron chi connectivity index (χ2n) is 10.7. The van der Waals surface area contributed by atoms with E-state index in [9.17, 15) is 18.0 Å². The quantitative estimate of drug-likeness (QED) is 0.152. The van der Waals surface area contributed by atoms with Gasteiger partial charge in [0.25, 0.3) is 10.0 Å². The maximum Gasteiger partial charge on any atom is 0.264 e. The highest BCUT2D eigenvalue weighted by atomic mass is 35.5. The van der Waals surface area contributed by atoms with E-state index >= 15 is 0 Å². The minimum absolute atomic E-state index is 0.0316. The molecule has 242 valence electrons. The van der Waals surface area contributed by atoms with Gasteiger partial charge in [0.2, 0.25) is 11.8 Å². The van der Waals surface area contributed by atoms with Gasteiger partial charge >= 0.3 is 0 Å². The minimum atomic E-state index is -4.31. The van der Waals surface area contributed by atoms with Crippen LogP contribution in [0.15, 0.2) is 95.9 Å². The molecule has 0 aliphatic carbocycles. The molecule has 12 heteroatoms. The molecule has 1 N–H and O–H groups in total. The van der Waals surface area contributed by atoms with Gasteiger partial charge in [-0.25, -0.2) is 8.42 Å². The summed E-state index contributed by atoms with van der Waals surface area (Å²) in [6, 6.07) is 23.7. The number of hydrogen-bond acceptors (Lipinski definition) is 4. The van der Waals surface area contributed by atoms with Crippen molar-refractivity contribution in [1.82, 2.24) is 10.2 Å². The van der Waals surface area contributed by atoms with E-state index in [4.69, 9.17) is 46.4 Å². The normalized spacial score (nSPS) is 12.0. The molecule has 0 heterocycles. The second kappa shape index (κ2) is 16.0. The monoisotopic (exact) mass is 719 g/mol. The third-order valence-electron chi connectivity index (χ3n) is 7.20. The number of benzene rings is 4. The molecule has 0 aliphatic heterocycles. The summed E-state index contributed by atoms with van der Waals surface area (Å²) in [5.74, 6) is -1.03. The van der Waals surface area contributed by atoms with Gasteiger partial charge in [0, 0.05) is 39.6 Å². The van der Waals surface area contributed by atoms with E-state index in [0.29, 0.717) is 28.6 Å². The SMILES string of the molecule is CCCNC(=O)[C@@H](Cc1ccccc1)N(Cc1ccc(Cl)cc1Cl)C(=O)CN(c1cc(Cl)cc(Cl)c1)S(=O)(=O)c1ccc(C)cc1. The summed E-state index contributed by atoms with van der Waals surface area (Å²) in [5.41, 5.74) is 2.29. The Kier molecular flexibility index (Phi) is 12.4. The molecule has 0 saturated carbocycles. The fourth-order valence-electron chi connectivity index (χ4n) is 4.80. The average molecular weight is 722 g/mol. The molecule has 0 unspecified atom stereocenters. The Labute approximate surface area is 290 Å². The Balaban J connectivity index is 1.84. The first-order valence-corrected chi connectivity index (χ1v) is 17.4. The van der Waals surface area contributed by atoms with E-state index in [1.807, 2.05) is 44.2 Å². The van der Waals surface area contributed by atoms with E-state index in [0.717, 1.165) is 15.4 Å². The van der Waals surface area contributed by atoms with Crippen molar-refractivity contribution in [2.45, 2.75) is 44.2 Å². The van der Waals surface area contributed by atoms with Gasteiger partial charge in [-0.3, -0.25) is 13.9 Å². The standard InChI is InChI=1S/C34H33Cl4N3O4S/c1-3-15-39-34(43)32(16-24-7-5-4-6-8-24)40(21-25-11-12-26(35)20-31(25)38)33(42)22-41(29-18-27(36)17-28(37)19-29)46(44,45)30-13-9-23(2)10-14-30/h4-14,17-20,32H,3,15-16,21-22H2,1-2H3,(H,39,43)/t32-/m1/s1. The molecule has 4 rings (SSSR count). The zero-order valence-electron chi connectivity index (χ0n) is 25.2. The van der Waals surface area contributed by atoms with Gasteiger partial charge in [-0.05, 0) is 66.9 Å². The van der Waals surface area contributed by atoms with Crippen molar-refractivity contribution in [1.29, 1.82) is 0 Å². The Bertz CT molecular complexity index is 1770. The molecule has 4 aromatic rings. The molecule has 2 amide bonds. The topological polar surface area (TPSA) is 86.8 Å². The second-order valence-corrected chi connectivity index (χ2v) is 14.3. The van der Waals surface area contributed by atoms with Crippen LogP contribution in [-0.4, -0.2) is 44.3 Å². The number of carbonyl (C=O) groups excluding carboxylic acids is 2. The van der Waals surface area contributed by atoms with Crippen LogP contribution in [0.1, 0.15) is 30.0 Å². The van der Waals surface area contributed by atoms with Gasteiger partial charge in [0.15, 0.2) is 0 Å². The van der Waals surface area contributed by atoms with Gasteiger partial charge in [0.1, 0.15) is 12.6 Å². The van der Waals surface area contributed by atoms with Crippen LogP contribution in [0.5, 0.6) is 0 Å². The summed E-state index contributed by atoms with van der Waals surface area (Å²) in [5, 5.41) is 3.97. The van der Waals surface area contributed by atoms with Crippen LogP contribution in [0.2, 0.25) is 20.1 Å². The van der Waals surface area contributed by atoms with E-state index in [1.165, 1.54) is 35.2 Å². The number of sulfonamides is 1. The third kappa shape index (κ3) is 9.17. The molecule has 46 heavy (non-hydrogen) atoms. The number of rotatable bonds is 13. The number of amides is 2. The van der Waals surface area contributed by atoms with Crippen molar-refractivity contribution in [2.75, 3.05) is 17.4 Å². The van der Waals surface area contributed by atoms with Crippen LogP contribution in [0.3, 0.4) is 0 Å². The number of nitrogens with one attached hydrogen (secondary N) is 1. The molecule has 0 bridgehead atoms. The number of aryl methyl sites for hydroxylation is 1. The summed E-state index contributed by atoms with van der Waals surface area (Å²) in [6.45, 7) is 3.39. The molecular weight excluding hydrogens is 688 g/mol. The number of halogens is 4. The van der Waals surface area contributed by atoms with Crippen LogP contribution in [0, 0.1) is 6.92 Å². The van der Waals surface area contributed by atoms with Crippen molar-refractivity contribution in [3.8, 4) is 0 Å². The molecular formula is C34H33Cl4N3O4S. The number of anilines is 1. The van der Waals surface area contributed by atoms with E-state index in [2.05, 4.69) is 5.32 Å². The lowest BCUT2D eigenvalue weighted by atomic mass is 10.0. The van der Waals surface area contributed by atoms with Gasteiger partial charge in [0.05, 0.1) is 10.6 Å². The highest BCUT2D eigenvalue weighted by molar-refractivity contribution is 7.92. The van der Waals surface area contributed by atoms with Gasteiger partial charge in [-0.15, -0.1) is 0 Å². The van der Waals surface area contributed by atoms with Crippen LogP contribution in [0.4, 0.5) is 5.69 Å². The number of carbonyl (C=O) groups is 2. The molecule has 0 aliphatic rings. The van der Waals surface area contributed by atoms with Crippen LogP contribution in [-0.2, 0) is 32.6 Å². The Morgan fingerprint density at radius 2 is 1.48 bits per heavy atom. The molecule has 0 saturated heterocycles. The highest BCUT2D eigenvalue weighted by Gasteiger charge is 2.35. The molecule has 4 aromatic carbocycles. The molecule has 0 spiro atoms. The van der Waals surface area contributed by atoms with E-state index in [-0.39, 0.29) is 39.5 Å². The average Bonchev–Trinajstić information content (AvgIpc) is 3.01. The maximum absolute atomic E-state index is 14.5. The van der Waals surface area contributed by atoms with Crippen molar-refractivity contribution < 1.29 is 18.0 Å². The number of nitrogens with zero attached hydrogens (tertiary/aromatic N) is 2. The fraction of sp³-hybridized carbons (Fsp3) is 0.235. The Hall–Kier alpha value is -3.27. The molecule has 0 fully saturated rings. The summed E-state index contributed by atoms with van der Waals surface area (Å²) in [4.78, 5) is 29.6. The molecule has 7 nitrogen and oxygen atoms in total. The van der Waals surface area contributed by atoms with E-state index in [1.54, 1.807) is 30.3 Å². The maximum atomic E-state index is 14.5. The van der Waals surface area contributed by atoms with Crippen molar-refractivity contribution in [3.05, 3.63) is 128 Å². The Morgan fingerprint density at radius 3 is 2.09 bits per heavy atom. The first-order valence-electron chi connectivity index (χ1n) is 14.5. The summed E-state index contributed by atoms with van der Waals surface area (Å²) >= 11 is 25.3. The lowest BCUT2D eigenvalue weighted by molar-refractivity contribution is -0.140. The smallest absolute Gasteiger partial charge is 0.264 e. The van der Waals surface area contributed by atoms with Gasteiger partial charge in [-0.2, -0.15) is 0 Å². The van der Waals surface area contributed by atoms with Crippen molar-refractivity contribution in [2.24, 2.45) is 0 Å². The first kappa shape index (κ1) is 35.6. The van der Waals surface area contributed by atoms with E-state index < -0.39 is 28.5 Å². The summed E-state index contributed by atoms with van der Waals surface area (Å²) < 4.78 is 29.3. The predicted molar refractivity (Wildman–Crippen MR) is 186 cm³/mol. The van der Waals surface area contributed by atoms with Crippen LogP contribution < -0.4 is 9.62 Å². The van der Waals surface area contributed by atoms with Gasteiger partial charge in [-0.1, -0.05) is 107 Å². The Morgan fingerprint density at radius 1 is 0.826 bits per heavy atom. The zero-order valence-corrected chi connectivity index (χ0v) is 29.1. The van der Waals surface area contributed by atoms with Crippen LogP contribution >= 0.6 is 46.4 Å². The third-order valence-corrected chi connectivity index (χ3v) is 10.0.